The van der Waals surface area contributed by atoms with E-state index >= 15 is 0 Å². The van der Waals surface area contributed by atoms with Gasteiger partial charge in [0.05, 0.1) is 12.8 Å². The van der Waals surface area contributed by atoms with Gasteiger partial charge in [0, 0.05) is 18.0 Å². The van der Waals surface area contributed by atoms with Crippen molar-refractivity contribution in [3.63, 3.8) is 0 Å². The Balaban J connectivity index is 3.01. The predicted octanol–water partition coefficient (Wildman–Crippen LogP) is 2.50. The average Bonchev–Trinajstić information content (AvgIpc) is 2.82. The zero-order chi connectivity index (χ0) is 12.7. The van der Waals surface area contributed by atoms with E-state index in [0.29, 0.717) is 5.69 Å². The fourth-order valence-corrected chi connectivity index (χ4v) is 1.57. The number of aldehydes is 1. The number of carbonyl (C=O) groups is 2. The molecule has 0 saturated heterocycles. The fourth-order valence-electron chi connectivity index (χ4n) is 1.57. The highest BCUT2D eigenvalue weighted by molar-refractivity contribution is 5.88. The van der Waals surface area contributed by atoms with Crippen LogP contribution in [0, 0.1) is 0 Å². The Hall–Kier alpha value is -1.84. The smallest absolute Gasteiger partial charge is 0.332 e. The van der Waals surface area contributed by atoms with Gasteiger partial charge in [-0.3, -0.25) is 4.79 Å². The van der Waals surface area contributed by atoms with Crippen molar-refractivity contribution in [3.05, 3.63) is 30.1 Å². The van der Waals surface area contributed by atoms with E-state index < -0.39 is 5.97 Å². The third-order valence-corrected chi connectivity index (χ3v) is 2.48. The molecule has 0 fully saturated rings. The van der Waals surface area contributed by atoms with Crippen LogP contribution in [0.2, 0.25) is 0 Å². The van der Waals surface area contributed by atoms with Gasteiger partial charge in [0.15, 0.2) is 6.29 Å². The highest BCUT2D eigenvalue weighted by Gasteiger charge is 2.07. The molecule has 0 spiro atoms. The number of nitrogens with zero attached hydrogens (tertiary/aromatic N) is 1. The maximum atomic E-state index is 11.3. The minimum atomic E-state index is -0.401. The zero-order valence-electron chi connectivity index (χ0n) is 10.2. The molecule has 4 nitrogen and oxygen atoms in total. The first kappa shape index (κ1) is 13.2. The monoisotopic (exact) mass is 235 g/mol. The summed E-state index contributed by atoms with van der Waals surface area (Å²) < 4.78 is 6.34. The Kier molecular flexibility index (Phi) is 5.20. The van der Waals surface area contributed by atoms with Crippen LogP contribution in [0.5, 0.6) is 0 Å². The van der Waals surface area contributed by atoms with Crippen LogP contribution in [-0.4, -0.2) is 23.9 Å². The summed E-state index contributed by atoms with van der Waals surface area (Å²) in [5.41, 5.74) is 1.32. The SMILES string of the molecule is CCCC/C(=C\C(=O)OC)n1cccc1C=O. The Bertz CT molecular complexity index is 418. The molecule has 0 aliphatic rings. The van der Waals surface area contributed by atoms with E-state index in [0.717, 1.165) is 31.2 Å². The third-order valence-electron chi connectivity index (χ3n) is 2.48. The van der Waals surface area contributed by atoms with Crippen molar-refractivity contribution in [2.45, 2.75) is 26.2 Å². The number of hydrogen-bond donors (Lipinski definition) is 0. The Labute approximate surface area is 101 Å². The Morgan fingerprint density at radius 3 is 2.88 bits per heavy atom. The van der Waals surface area contributed by atoms with Crippen LogP contribution in [0.1, 0.15) is 36.7 Å². The first-order valence-corrected chi connectivity index (χ1v) is 5.64. The minimum absolute atomic E-state index is 0.401. The van der Waals surface area contributed by atoms with Crippen LogP contribution in [0.3, 0.4) is 0 Å². The minimum Gasteiger partial charge on any atom is -0.466 e. The van der Waals surface area contributed by atoms with E-state index in [2.05, 4.69) is 11.7 Å². The number of methoxy groups -OCH3 is 1. The van der Waals surface area contributed by atoms with Crippen LogP contribution in [0.15, 0.2) is 24.4 Å². The van der Waals surface area contributed by atoms with Gasteiger partial charge >= 0.3 is 5.97 Å². The summed E-state index contributed by atoms with van der Waals surface area (Å²) in [6.07, 6.45) is 6.70. The number of esters is 1. The maximum absolute atomic E-state index is 11.3. The molecule has 17 heavy (non-hydrogen) atoms. The average molecular weight is 235 g/mol. The van der Waals surface area contributed by atoms with Gasteiger partial charge < -0.3 is 9.30 Å². The molecule has 0 aliphatic heterocycles. The molecule has 0 saturated carbocycles. The lowest BCUT2D eigenvalue weighted by molar-refractivity contribution is -0.134. The second kappa shape index (κ2) is 6.68. The third kappa shape index (κ3) is 3.59. The van der Waals surface area contributed by atoms with Crippen LogP contribution < -0.4 is 0 Å². The quantitative estimate of drug-likeness (QED) is 0.432. The van der Waals surface area contributed by atoms with E-state index in [-0.39, 0.29) is 0 Å². The molecule has 0 amide bonds. The number of ether oxygens (including phenoxy) is 1. The molecule has 0 unspecified atom stereocenters. The first-order chi connectivity index (χ1) is 8.22. The number of allylic oxidation sites excluding steroid dienone is 1. The molecule has 0 N–H and O–H groups in total. The van der Waals surface area contributed by atoms with Gasteiger partial charge in [-0.25, -0.2) is 4.79 Å². The van der Waals surface area contributed by atoms with Crippen LogP contribution >= 0.6 is 0 Å². The van der Waals surface area contributed by atoms with E-state index in [1.807, 2.05) is 0 Å². The topological polar surface area (TPSA) is 48.3 Å². The lowest BCUT2D eigenvalue weighted by Crippen LogP contribution is -2.04. The van der Waals surface area contributed by atoms with Crippen molar-refractivity contribution in [2.24, 2.45) is 0 Å². The van der Waals surface area contributed by atoms with Gasteiger partial charge in [0.2, 0.25) is 0 Å². The molecule has 4 heteroatoms. The highest BCUT2D eigenvalue weighted by Crippen LogP contribution is 2.16. The first-order valence-electron chi connectivity index (χ1n) is 5.64. The Morgan fingerprint density at radius 2 is 2.29 bits per heavy atom. The summed E-state index contributed by atoms with van der Waals surface area (Å²) in [4.78, 5) is 22.1. The molecule has 0 bridgehead atoms. The number of unbranched alkanes of at least 4 members (excludes halogenated alkanes) is 1. The van der Waals surface area contributed by atoms with Gasteiger partial charge in [-0.1, -0.05) is 13.3 Å². The van der Waals surface area contributed by atoms with E-state index in [1.165, 1.54) is 13.2 Å². The number of aromatic nitrogens is 1. The van der Waals surface area contributed by atoms with Crippen molar-refractivity contribution >= 4 is 18.0 Å². The lowest BCUT2D eigenvalue weighted by Gasteiger charge is -2.10. The van der Waals surface area contributed by atoms with Gasteiger partial charge in [0.1, 0.15) is 0 Å². The van der Waals surface area contributed by atoms with Crippen LogP contribution in [-0.2, 0) is 9.53 Å². The fraction of sp³-hybridized carbons (Fsp3) is 0.385. The second-order valence-corrected chi connectivity index (χ2v) is 3.68. The Morgan fingerprint density at radius 1 is 1.53 bits per heavy atom. The van der Waals surface area contributed by atoms with Gasteiger partial charge in [-0.05, 0) is 25.0 Å². The molecule has 0 atom stereocenters. The summed E-state index contributed by atoms with van der Waals surface area (Å²) in [6, 6.07) is 3.49. The molecule has 0 aliphatic carbocycles. The van der Waals surface area contributed by atoms with Crippen LogP contribution in [0.25, 0.3) is 5.70 Å². The zero-order valence-corrected chi connectivity index (χ0v) is 10.2. The molecule has 0 radical (unpaired) electrons. The lowest BCUT2D eigenvalue weighted by atomic mass is 10.2. The number of rotatable bonds is 6. The van der Waals surface area contributed by atoms with Crippen molar-refractivity contribution in [2.75, 3.05) is 7.11 Å². The summed E-state index contributed by atoms with van der Waals surface area (Å²) in [5, 5.41) is 0. The second-order valence-electron chi connectivity index (χ2n) is 3.68. The molecule has 1 aromatic rings. The molecular formula is C13H17NO3. The van der Waals surface area contributed by atoms with E-state index in [1.54, 1.807) is 22.9 Å². The summed E-state index contributed by atoms with van der Waals surface area (Å²) in [7, 11) is 1.34. The predicted molar refractivity (Wildman–Crippen MR) is 65.6 cm³/mol. The molecule has 1 aromatic heterocycles. The van der Waals surface area contributed by atoms with E-state index in [9.17, 15) is 9.59 Å². The van der Waals surface area contributed by atoms with E-state index in [4.69, 9.17) is 0 Å². The molecule has 0 aromatic carbocycles. The summed E-state index contributed by atoms with van der Waals surface area (Å²) in [6.45, 7) is 2.08. The highest BCUT2D eigenvalue weighted by atomic mass is 16.5. The molecule has 1 rings (SSSR count). The molecule has 92 valence electrons. The summed E-state index contributed by atoms with van der Waals surface area (Å²) >= 11 is 0. The van der Waals surface area contributed by atoms with Gasteiger partial charge in [-0.15, -0.1) is 0 Å². The van der Waals surface area contributed by atoms with Crippen molar-refractivity contribution in [3.8, 4) is 0 Å². The number of hydrogen-bond acceptors (Lipinski definition) is 3. The van der Waals surface area contributed by atoms with Crippen molar-refractivity contribution in [1.29, 1.82) is 0 Å². The van der Waals surface area contributed by atoms with Crippen LogP contribution in [0.4, 0.5) is 0 Å². The maximum Gasteiger partial charge on any atom is 0.332 e. The van der Waals surface area contributed by atoms with Crippen molar-refractivity contribution in [1.82, 2.24) is 4.57 Å². The molecule has 1 heterocycles. The largest absolute Gasteiger partial charge is 0.466 e. The van der Waals surface area contributed by atoms with Gasteiger partial charge in [-0.2, -0.15) is 0 Å². The number of carbonyl (C=O) groups excluding carboxylic acids is 2. The standard InChI is InChI=1S/C13H17NO3/c1-3-4-6-11(9-13(16)17-2)14-8-5-7-12(14)10-15/h5,7-10H,3-4,6H2,1-2H3/b11-9+. The normalized spacial score (nSPS) is 11.3. The van der Waals surface area contributed by atoms with Crippen molar-refractivity contribution < 1.29 is 14.3 Å². The molecular weight excluding hydrogens is 218 g/mol. The summed E-state index contributed by atoms with van der Waals surface area (Å²) in [5.74, 6) is -0.401. The van der Waals surface area contributed by atoms with Gasteiger partial charge in [0.25, 0.3) is 0 Å².